The largest absolute Gasteiger partial charge is 0.307 e. The Hall–Kier alpha value is -0.820. The molecule has 0 aromatic heterocycles. The number of hydrogen-bond acceptors (Lipinski definition) is 1. The molecule has 1 heteroatoms. The Bertz CT molecular complexity index is 371. The molecule has 1 N–H and O–H groups in total. The van der Waals surface area contributed by atoms with Crippen LogP contribution < -0.4 is 5.32 Å². The van der Waals surface area contributed by atoms with Crippen molar-refractivity contribution in [2.45, 2.75) is 59.0 Å². The molecule has 106 valence electrons. The van der Waals surface area contributed by atoms with E-state index in [1.165, 1.54) is 24.8 Å². The monoisotopic (exact) mass is 259 g/mol. The summed E-state index contributed by atoms with van der Waals surface area (Å²) >= 11 is 0. The van der Waals surface area contributed by atoms with Crippen LogP contribution in [0.3, 0.4) is 0 Å². The Morgan fingerprint density at radius 2 is 1.74 bits per heavy atom. The fourth-order valence-electron chi connectivity index (χ4n) is 3.48. The van der Waals surface area contributed by atoms with E-state index in [0.717, 1.165) is 11.8 Å². The Morgan fingerprint density at radius 1 is 1.05 bits per heavy atom. The minimum Gasteiger partial charge on any atom is -0.307 e. The van der Waals surface area contributed by atoms with Crippen LogP contribution in [0, 0.1) is 17.8 Å². The lowest BCUT2D eigenvalue weighted by molar-refractivity contribution is 0.200. The number of rotatable bonds is 4. The van der Waals surface area contributed by atoms with Crippen molar-refractivity contribution < 1.29 is 0 Å². The summed E-state index contributed by atoms with van der Waals surface area (Å²) in [5.41, 5.74) is 1.43. The molecule has 0 saturated heterocycles. The van der Waals surface area contributed by atoms with Crippen LogP contribution in [-0.2, 0) is 0 Å². The van der Waals surface area contributed by atoms with Gasteiger partial charge in [0, 0.05) is 12.1 Å². The molecule has 1 saturated carbocycles. The summed E-state index contributed by atoms with van der Waals surface area (Å²) in [6.07, 6.45) is 4.08. The summed E-state index contributed by atoms with van der Waals surface area (Å²) in [7, 11) is 0. The fourth-order valence-corrected chi connectivity index (χ4v) is 3.48. The highest BCUT2D eigenvalue weighted by atomic mass is 15.0. The van der Waals surface area contributed by atoms with Gasteiger partial charge in [0.05, 0.1) is 0 Å². The van der Waals surface area contributed by atoms with Gasteiger partial charge in [-0.25, -0.2) is 0 Å². The van der Waals surface area contributed by atoms with Gasteiger partial charge in [0.2, 0.25) is 0 Å². The molecular formula is C18H29N. The molecule has 4 atom stereocenters. The van der Waals surface area contributed by atoms with Crippen molar-refractivity contribution in [1.82, 2.24) is 5.32 Å². The number of benzene rings is 1. The lowest BCUT2D eigenvalue weighted by Crippen LogP contribution is -2.42. The molecule has 2 rings (SSSR count). The van der Waals surface area contributed by atoms with Gasteiger partial charge < -0.3 is 5.32 Å². The maximum atomic E-state index is 3.94. The molecule has 1 aromatic rings. The van der Waals surface area contributed by atoms with Crippen LogP contribution in [0.2, 0.25) is 0 Å². The van der Waals surface area contributed by atoms with Gasteiger partial charge in [-0.05, 0) is 42.6 Å². The standard InChI is InChI=1S/C18H29N/c1-13(2)18(16-8-6-5-7-9-16)19-17-11-10-14(3)12-15(17)4/h5-9,13-15,17-19H,10-12H2,1-4H3. The summed E-state index contributed by atoms with van der Waals surface area (Å²) in [4.78, 5) is 0. The van der Waals surface area contributed by atoms with Crippen LogP contribution in [0.4, 0.5) is 0 Å². The fraction of sp³-hybridized carbons (Fsp3) is 0.667. The molecule has 1 fully saturated rings. The van der Waals surface area contributed by atoms with Crippen LogP contribution in [0.15, 0.2) is 30.3 Å². The molecule has 1 aliphatic carbocycles. The smallest absolute Gasteiger partial charge is 0.0345 e. The van der Waals surface area contributed by atoms with Gasteiger partial charge in [0.15, 0.2) is 0 Å². The summed E-state index contributed by atoms with van der Waals surface area (Å²) < 4.78 is 0. The zero-order valence-corrected chi connectivity index (χ0v) is 12.9. The molecule has 0 aliphatic heterocycles. The maximum Gasteiger partial charge on any atom is 0.0345 e. The molecule has 0 bridgehead atoms. The van der Waals surface area contributed by atoms with E-state index in [1.54, 1.807) is 0 Å². The first-order valence-corrected chi connectivity index (χ1v) is 7.89. The summed E-state index contributed by atoms with van der Waals surface area (Å²) in [5, 5.41) is 3.94. The minimum absolute atomic E-state index is 0.488. The van der Waals surface area contributed by atoms with E-state index >= 15 is 0 Å². The van der Waals surface area contributed by atoms with Crippen LogP contribution in [0.25, 0.3) is 0 Å². The number of nitrogens with one attached hydrogen (secondary N) is 1. The van der Waals surface area contributed by atoms with Crippen molar-refractivity contribution in [2.24, 2.45) is 17.8 Å². The SMILES string of the molecule is CC1CCC(NC(c2ccccc2)C(C)C)C(C)C1. The van der Waals surface area contributed by atoms with Crippen molar-refractivity contribution in [1.29, 1.82) is 0 Å². The molecule has 0 amide bonds. The molecule has 1 aromatic carbocycles. The van der Waals surface area contributed by atoms with Gasteiger partial charge in [0.25, 0.3) is 0 Å². The summed E-state index contributed by atoms with van der Waals surface area (Å²) in [5.74, 6) is 2.34. The summed E-state index contributed by atoms with van der Waals surface area (Å²) in [6.45, 7) is 9.45. The van der Waals surface area contributed by atoms with Gasteiger partial charge in [0.1, 0.15) is 0 Å². The molecule has 19 heavy (non-hydrogen) atoms. The van der Waals surface area contributed by atoms with E-state index in [9.17, 15) is 0 Å². The highest BCUT2D eigenvalue weighted by molar-refractivity contribution is 5.19. The average molecular weight is 259 g/mol. The van der Waals surface area contributed by atoms with Crippen molar-refractivity contribution in [3.8, 4) is 0 Å². The molecule has 0 spiro atoms. The van der Waals surface area contributed by atoms with Crippen LogP contribution in [0.5, 0.6) is 0 Å². The topological polar surface area (TPSA) is 12.0 Å². The predicted octanol–water partition coefficient (Wildman–Crippen LogP) is 4.80. The first-order valence-electron chi connectivity index (χ1n) is 7.89. The molecule has 0 radical (unpaired) electrons. The van der Waals surface area contributed by atoms with E-state index in [2.05, 4.69) is 63.3 Å². The van der Waals surface area contributed by atoms with E-state index in [-0.39, 0.29) is 0 Å². The Balaban J connectivity index is 2.05. The zero-order valence-electron chi connectivity index (χ0n) is 12.9. The van der Waals surface area contributed by atoms with Crippen LogP contribution in [0.1, 0.15) is 58.6 Å². The lowest BCUT2D eigenvalue weighted by Gasteiger charge is -2.37. The predicted molar refractivity (Wildman–Crippen MR) is 83.1 cm³/mol. The second kappa shape index (κ2) is 6.56. The van der Waals surface area contributed by atoms with E-state index in [4.69, 9.17) is 0 Å². The first-order chi connectivity index (χ1) is 9.08. The van der Waals surface area contributed by atoms with Gasteiger partial charge in [-0.3, -0.25) is 0 Å². The average Bonchev–Trinajstić information content (AvgIpc) is 2.38. The molecule has 0 heterocycles. The van der Waals surface area contributed by atoms with E-state index in [0.29, 0.717) is 18.0 Å². The third-order valence-corrected chi connectivity index (χ3v) is 4.65. The van der Waals surface area contributed by atoms with Gasteiger partial charge in [-0.1, -0.05) is 58.0 Å². The van der Waals surface area contributed by atoms with Crippen molar-refractivity contribution in [3.63, 3.8) is 0 Å². The summed E-state index contributed by atoms with van der Waals surface area (Å²) in [6, 6.07) is 12.1. The molecule has 4 unspecified atom stereocenters. The van der Waals surface area contributed by atoms with Crippen molar-refractivity contribution in [3.05, 3.63) is 35.9 Å². The third kappa shape index (κ3) is 3.82. The molecule has 1 aliphatic rings. The van der Waals surface area contributed by atoms with Crippen LogP contribution >= 0.6 is 0 Å². The van der Waals surface area contributed by atoms with Gasteiger partial charge >= 0.3 is 0 Å². The van der Waals surface area contributed by atoms with Crippen molar-refractivity contribution in [2.75, 3.05) is 0 Å². The molecule has 1 nitrogen and oxygen atoms in total. The zero-order chi connectivity index (χ0) is 13.8. The quantitative estimate of drug-likeness (QED) is 0.819. The van der Waals surface area contributed by atoms with Crippen LogP contribution in [-0.4, -0.2) is 6.04 Å². The maximum absolute atomic E-state index is 3.94. The Morgan fingerprint density at radius 3 is 2.32 bits per heavy atom. The highest BCUT2D eigenvalue weighted by Gasteiger charge is 2.28. The highest BCUT2D eigenvalue weighted by Crippen LogP contribution is 2.31. The van der Waals surface area contributed by atoms with E-state index in [1.807, 2.05) is 0 Å². The lowest BCUT2D eigenvalue weighted by atomic mass is 9.79. The normalized spacial score (nSPS) is 29.4. The van der Waals surface area contributed by atoms with Gasteiger partial charge in [-0.2, -0.15) is 0 Å². The Labute approximate surface area is 118 Å². The second-order valence-corrected chi connectivity index (χ2v) is 6.80. The number of hydrogen-bond donors (Lipinski definition) is 1. The second-order valence-electron chi connectivity index (χ2n) is 6.80. The van der Waals surface area contributed by atoms with Gasteiger partial charge in [-0.15, -0.1) is 0 Å². The van der Waals surface area contributed by atoms with E-state index < -0.39 is 0 Å². The minimum atomic E-state index is 0.488. The molecular weight excluding hydrogens is 230 g/mol. The first kappa shape index (κ1) is 14.6. The Kier molecular flexibility index (Phi) is 5.04. The third-order valence-electron chi connectivity index (χ3n) is 4.65. The van der Waals surface area contributed by atoms with Crippen molar-refractivity contribution >= 4 is 0 Å².